The third kappa shape index (κ3) is 3.71. The van der Waals surface area contributed by atoms with E-state index >= 15 is 0 Å². The van der Waals surface area contributed by atoms with Crippen LogP contribution in [-0.2, 0) is 0 Å². The second-order valence-electron chi connectivity index (χ2n) is 7.59. The van der Waals surface area contributed by atoms with E-state index in [1.165, 1.54) is 45.1 Å². The van der Waals surface area contributed by atoms with Gasteiger partial charge >= 0.3 is 0 Å². The van der Waals surface area contributed by atoms with Gasteiger partial charge in [-0.2, -0.15) is 0 Å². The van der Waals surface area contributed by atoms with Crippen LogP contribution in [0.4, 0.5) is 0 Å². The highest BCUT2D eigenvalue weighted by atomic mass is 14.9. The Balaban J connectivity index is 1.83. The molecule has 2 aliphatic carbocycles. The number of hydrogen-bond acceptors (Lipinski definition) is 1. The Morgan fingerprint density at radius 2 is 1.71 bits per heavy atom. The summed E-state index contributed by atoms with van der Waals surface area (Å²) in [5, 5.41) is 3.90. The molecule has 17 heavy (non-hydrogen) atoms. The van der Waals surface area contributed by atoms with Gasteiger partial charge in [-0.05, 0) is 55.4 Å². The second kappa shape index (κ2) is 5.30. The molecule has 0 aromatic carbocycles. The van der Waals surface area contributed by atoms with Crippen molar-refractivity contribution in [3.8, 4) is 0 Å². The Morgan fingerprint density at radius 3 is 2.29 bits per heavy atom. The lowest BCUT2D eigenvalue weighted by Crippen LogP contribution is -2.45. The van der Waals surface area contributed by atoms with Crippen LogP contribution in [0.2, 0.25) is 0 Å². The van der Waals surface area contributed by atoms with Crippen molar-refractivity contribution in [3.63, 3.8) is 0 Å². The standard InChI is InChI=1S/C16H31N/c1-12(13-9-10-13)11-17-15-8-6-5-7-14(15)16(2,3)4/h12-15,17H,5-11H2,1-4H3. The third-order valence-electron chi connectivity index (χ3n) is 5.01. The largest absolute Gasteiger partial charge is 0.313 e. The fourth-order valence-corrected chi connectivity index (χ4v) is 3.58. The van der Waals surface area contributed by atoms with E-state index in [9.17, 15) is 0 Å². The maximum atomic E-state index is 3.90. The zero-order valence-corrected chi connectivity index (χ0v) is 12.3. The fourth-order valence-electron chi connectivity index (χ4n) is 3.58. The van der Waals surface area contributed by atoms with Gasteiger partial charge in [-0.25, -0.2) is 0 Å². The molecule has 0 radical (unpaired) electrons. The van der Waals surface area contributed by atoms with Crippen LogP contribution in [0.3, 0.4) is 0 Å². The van der Waals surface area contributed by atoms with E-state index in [-0.39, 0.29) is 0 Å². The first-order valence-corrected chi connectivity index (χ1v) is 7.72. The van der Waals surface area contributed by atoms with E-state index in [1.54, 1.807) is 0 Å². The van der Waals surface area contributed by atoms with Crippen LogP contribution in [0.5, 0.6) is 0 Å². The predicted molar refractivity (Wildman–Crippen MR) is 75.1 cm³/mol. The van der Waals surface area contributed by atoms with Crippen LogP contribution < -0.4 is 5.32 Å². The molecular weight excluding hydrogens is 206 g/mol. The summed E-state index contributed by atoms with van der Waals surface area (Å²) in [6.45, 7) is 10.9. The van der Waals surface area contributed by atoms with Crippen LogP contribution >= 0.6 is 0 Å². The summed E-state index contributed by atoms with van der Waals surface area (Å²) in [4.78, 5) is 0. The van der Waals surface area contributed by atoms with Gasteiger partial charge < -0.3 is 5.32 Å². The summed E-state index contributed by atoms with van der Waals surface area (Å²) in [6, 6.07) is 0.782. The minimum Gasteiger partial charge on any atom is -0.313 e. The number of nitrogens with one attached hydrogen (secondary N) is 1. The highest BCUT2D eigenvalue weighted by molar-refractivity contribution is 4.89. The summed E-state index contributed by atoms with van der Waals surface area (Å²) >= 11 is 0. The Labute approximate surface area is 108 Å². The maximum Gasteiger partial charge on any atom is 0.0100 e. The number of hydrogen-bond donors (Lipinski definition) is 1. The molecule has 1 N–H and O–H groups in total. The Kier molecular flexibility index (Phi) is 4.18. The van der Waals surface area contributed by atoms with Crippen LogP contribution in [0.25, 0.3) is 0 Å². The Morgan fingerprint density at radius 1 is 1.06 bits per heavy atom. The van der Waals surface area contributed by atoms with Gasteiger partial charge in [0.1, 0.15) is 0 Å². The molecular formula is C16H31N. The molecule has 0 amide bonds. The van der Waals surface area contributed by atoms with Crippen molar-refractivity contribution in [2.24, 2.45) is 23.2 Å². The molecule has 2 rings (SSSR count). The first kappa shape index (κ1) is 13.4. The van der Waals surface area contributed by atoms with E-state index in [4.69, 9.17) is 0 Å². The van der Waals surface area contributed by atoms with Crippen LogP contribution in [-0.4, -0.2) is 12.6 Å². The van der Waals surface area contributed by atoms with Crippen molar-refractivity contribution in [1.29, 1.82) is 0 Å². The zero-order valence-electron chi connectivity index (χ0n) is 12.3. The van der Waals surface area contributed by atoms with Gasteiger partial charge in [0.2, 0.25) is 0 Å². The molecule has 2 aliphatic rings. The molecule has 3 unspecified atom stereocenters. The highest BCUT2D eigenvalue weighted by Gasteiger charge is 2.35. The topological polar surface area (TPSA) is 12.0 Å². The summed E-state index contributed by atoms with van der Waals surface area (Å²) in [5.41, 5.74) is 0.473. The van der Waals surface area contributed by atoms with Crippen LogP contribution in [0.15, 0.2) is 0 Å². The van der Waals surface area contributed by atoms with Crippen molar-refractivity contribution >= 4 is 0 Å². The zero-order chi connectivity index (χ0) is 12.5. The van der Waals surface area contributed by atoms with Gasteiger partial charge in [0.05, 0.1) is 0 Å². The molecule has 0 aromatic rings. The Hall–Kier alpha value is -0.0400. The average Bonchev–Trinajstić information content (AvgIpc) is 3.08. The van der Waals surface area contributed by atoms with Crippen molar-refractivity contribution in [3.05, 3.63) is 0 Å². The van der Waals surface area contributed by atoms with Crippen molar-refractivity contribution in [2.75, 3.05) is 6.54 Å². The third-order valence-corrected chi connectivity index (χ3v) is 5.01. The van der Waals surface area contributed by atoms with Gasteiger partial charge in [0, 0.05) is 6.04 Å². The van der Waals surface area contributed by atoms with Crippen molar-refractivity contribution in [1.82, 2.24) is 5.32 Å². The maximum absolute atomic E-state index is 3.90. The first-order chi connectivity index (χ1) is 7.98. The predicted octanol–water partition coefficient (Wildman–Crippen LogP) is 4.23. The second-order valence-corrected chi connectivity index (χ2v) is 7.59. The normalized spacial score (nSPS) is 32.5. The lowest BCUT2D eigenvalue weighted by atomic mass is 9.69. The summed E-state index contributed by atoms with van der Waals surface area (Å²) in [7, 11) is 0. The van der Waals surface area contributed by atoms with Crippen LogP contribution in [0.1, 0.15) is 66.2 Å². The van der Waals surface area contributed by atoms with E-state index in [1.807, 2.05) is 0 Å². The molecule has 0 bridgehead atoms. The molecule has 2 fully saturated rings. The molecule has 0 aliphatic heterocycles. The number of rotatable bonds is 4. The van der Waals surface area contributed by atoms with Gasteiger partial charge in [0.15, 0.2) is 0 Å². The molecule has 1 nitrogen and oxygen atoms in total. The first-order valence-electron chi connectivity index (χ1n) is 7.72. The lowest BCUT2D eigenvalue weighted by molar-refractivity contribution is 0.127. The average molecular weight is 237 g/mol. The molecule has 0 saturated heterocycles. The van der Waals surface area contributed by atoms with Crippen molar-refractivity contribution < 1.29 is 0 Å². The molecule has 3 atom stereocenters. The van der Waals surface area contributed by atoms with Gasteiger partial charge in [0.25, 0.3) is 0 Å². The molecule has 0 spiro atoms. The van der Waals surface area contributed by atoms with E-state index < -0.39 is 0 Å². The monoisotopic (exact) mass is 237 g/mol. The van der Waals surface area contributed by atoms with E-state index in [2.05, 4.69) is 33.0 Å². The van der Waals surface area contributed by atoms with Crippen LogP contribution in [0, 0.1) is 23.2 Å². The van der Waals surface area contributed by atoms with E-state index in [0.29, 0.717) is 5.41 Å². The Bertz CT molecular complexity index is 236. The van der Waals surface area contributed by atoms with E-state index in [0.717, 1.165) is 23.8 Å². The SMILES string of the molecule is CC(CNC1CCCCC1C(C)(C)C)C1CC1. The highest BCUT2D eigenvalue weighted by Crippen LogP contribution is 2.39. The molecule has 2 saturated carbocycles. The minimum atomic E-state index is 0.473. The summed E-state index contributed by atoms with van der Waals surface area (Å²) < 4.78 is 0. The molecule has 0 heterocycles. The smallest absolute Gasteiger partial charge is 0.0100 e. The summed E-state index contributed by atoms with van der Waals surface area (Å²) in [5.74, 6) is 2.82. The summed E-state index contributed by atoms with van der Waals surface area (Å²) in [6.07, 6.45) is 8.67. The van der Waals surface area contributed by atoms with Gasteiger partial charge in [-0.3, -0.25) is 0 Å². The van der Waals surface area contributed by atoms with Gasteiger partial charge in [-0.1, -0.05) is 40.5 Å². The molecule has 1 heteroatoms. The van der Waals surface area contributed by atoms with Gasteiger partial charge in [-0.15, -0.1) is 0 Å². The fraction of sp³-hybridized carbons (Fsp3) is 1.00. The molecule has 0 aromatic heterocycles. The quantitative estimate of drug-likeness (QED) is 0.771. The molecule has 100 valence electrons. The van der Waals surface area contributed by atoms with Crippen molar-refractivity contribution in [2.45, 2.75) is 72.3 Å². The minimum absolute atomic E-state index is 0.473. The lowest BCUT2D eigenvalue weighted by Gasteiger charge is -2.41.